The summed E-state index contributed by atoms with van der Waals surface area (Å²) in [5, 5.41) is 9.88. The van der Waals surface area contributed by atoms with Crippen molar-refractivity contribution in [3.05, 3.63) is 29.3 Å². The van der Waals surface area contributed by atoms with Gasteiger partial charge < -0.3 is 9.84 Å². The number of rotatable bonds is 4. The van der Waals surface area contributed by atoms with E-state index in [1.54, 1.807) is 6.92 Å². The van der Waals surface area contributed by atoms with Crippen molar-refractivity contribution in [3.8, 4) is 5.75 Å². The fourth-order valence-electron chi connectivity index (χ4n) is 3.00. The standard InChI is InChI=1S/C17H26O2/c1-4-14-6-5-7-15(11-14)19-17-9-8-12(2)10-16(17)13(3)18/h8-10,13-15,18H,4-7,11H2,1-3H3/t13-,14?,15?/m1/s1. The molecule has 1 fully saturated rings. The lowest BCUT2D eigenvalue weighted by molar-refractivity contribution is 0.115. The van der Waals surface area contributed by atoms with Crippen LogP contribution in [0.3, 0.4) is 0 Å². The normalized spacial score (nSPS) is 25.1. The molecule has 0 saturated heterocycles. The van der Waals surface area contributed by atoms with Crippen LogP contribution in [0.25, 0.3) is 0 Å². The van der Waals surface area contributed by atoms with E-state index in [1.807, 2.05) is 19.1 Å². The second-order valence-corrected chi connectivity index (χ2v) is 5.90. The predicted octanol–water partition coefficient (Wildman–Crippen LogP) is 4.40. The smallest absolute Gasteiger partial charge is 0.125 e. The molecule has 2 unspecified atom stereocenters. The molecule has 1 saturated carbocycles. The van der Waals surface area contributed by atoms with Crippen LogP contribution < -0.4 is 4.74 Å². The molecular weight excluding hydrogens is 236 g/mol. The zero-order valence-electron chi connectivity index (χ0n) is 12.4. The van der Waals surface area contributed by atoms with Gasteiger partial charge in [0.2, 0.25) is 0 Å². The van der Waals surface area contributed by atoms with Gasteiger partial charge in [-0.3, -0.25) is 0 Å². The molecule has 19 heavy (non-hydrogen) atoms. The topological polar surface area (TPSA) is 29.5 Å². The summed E-state index contributed by atoms with van der Waals surface area (Å²) in [6, 6.07) is 6.09. The van der Waals surface area contributed by atoms with Crippen molar-refractivity contribution >= 4 is 0 Å². The summed E-state index contributed by atoms with van der Waals surface area (Å²) >= 11 is 0. The van der Waals surface area contributed by atoms with Gasteiger partial charge in [0.05, 0.1) is 12.2 Å². The van der Waals surface area contributed by atoms with Crippen LogP contribution in [0.2, 0.25) is 0 Å². The van der Waals surface area contributed by atoms with Gasteiger partial charge in [-0.25, -0.2) is 0 Å². The second kappa shape index (κ2) is 6.42. The molecule has 0 aliphatic heterocycles. The molecule has 0 aromatic heterocycles. The van der Waals surface area contributed by atoms with Crippen molar-refractivity contribution in [3.63, 3.8) is 0 Å². The number of ether oxygens (including phenoxy) is 1. The van der Waals surface area contributed by atoms with E-state index in [2.05, 4.69) is 13.0 Å². The second-order valence-electron chi connectivity index (χ2n) is 5.90. The van der Waals surface area contributed by atoms with Gasteiger partial charge in [0, 0.05) is 5.56 Å². The van der Waals surface area contributed by atoms with Gasteiger partial charge in [0.1, 0.15) is 5.75 Å². The zero-order valence-corrected chi connectivity index (χ0v) is 12.4. The van der Waals surface area contributed by atoms with Crippen LogP contribution >= 0.6 is 0 Å². The molecule has 0 radical (unpaired) electrons. The molecule has 0 spiro atoms. The molecule has 0 heterocycles. The van der Waals surface area contributed by atoms with E-state index in [4.69, 9.17) is 4.74 Å². The number of aryl methyl sites for hydroxylation is 1. The van der Waals surface area contributed by atoms with Crippen molar-refractivity contribution in [2.75, 3.05) is 0 Å². The Hall–Kier alpha value is -1.02. The molecule has 1 aliphatic rings. The van der Waals surface area contributed by atoms with E-state index in [9.17, 15) is 5.11 Å². The fourth-order valence-corrected chi connectivity index (χ4v) is 3.00. The maximum atomic E-state index is 9.88. The van der Waals surface area contributed by atoms with Crippen molar-refractivity contribution < 1.29 is 9.84 Å². The third-order valence-corrected chi connectivity index (χ3v) is 4.22. The molecule has 106 valence electrons. The Bertz CT molecular complexity index is 412. The Morgan fingerprint density at radius 2 is 2.16 bits per heavy atom. The zero-order chi connectivity index (χ0) is 13.8. The minimum Gasteiger partial charge on any atom is -0.490 e. The highest BCUT2D eigenvalue weighted by Gasteiger charge is 2.23. The Morgan fingerprint density at radius 1 is 1.37 bits per heavy atom. The molecular formula is C17H26O2. The molecule has 0 bridgehead atoms. The van der Waals surface area contributed by atoms with E-state index in [-0.39, 0.29) is 0 Å². The quantitative estimate of drug-likeness (QED) is 0.871. The predicted molar refractivity (Wildman–Crippen MR) is 78.5 cm³/mol. The first kappa shape index (κ1) is 14.4. The van der Waals surface area contributed by atoms with Crippen LogP contribution in [0.15, 0.2) is 18.2 Å². The fraction of sp³-hybridized carbons (Fsp3) is 0.647. The summed E-state index contributed by atoms with van der Waals surface area (Å²) in [5.41, 5.74) is 2.08. The van der Waals surface area contributed by atoms with Gasteiger partial charge in [0.25, 0.3) is 0 Å². The molecule has 2 heteroatoms. The summed E-state index contributed by atoms with van der Waals surface area (Å²) in [7, 11) is 0. The molecule has 0 amide bonds. The summed E-state index contributed by atoms with van der Waals surface area (Å²) in [6.07, 6.45) is 6.00. The summed E-state index contributed by atoms with van der Waals surface area (Å²) in [4.78, 5) is 0. The first-order chi connectivity index (χ1) is 9.10. The van der Waals surface area contributed by atoms with Gasteiger partial charge in [-0.1, -0.05) is 31.4 Å². The minimum atomic E-state index is -0.472. The first-order valence-corrected chi connectivity index (χ1v) is 7.55. The van der Waals surface area contributed by atoms with Crippen LogP contribution in [-0.2, 0) is 0 Å². The number of benzene rings is 1. The Morgan fingerprint density at radius 3 is 2.84 bits per heavy atom. The molecule has 2 nitrogen and oxygen atoms in total. The van der Waals surface area contributed by atoms with Crippen molar-refractivity contribution in [1.29, 1.82) is 0 Å². The van der Waals surface area contributed by atoms with E-state index in [1.165, 1.54) is 24.8 Å². The van der Waals surface area contributed by atoms with Crippen LogP contribution in [0.1, 0.15) is 63.2 Å². The van der Waals surface area contributed by atoms with Gasteiger partial charge in [-0.15, -0.1) is 0 Å². The van der Waals surface area contributed by atoms with Gasteiger partial charge in [0.15, 0.2) is 0 Å². The molecule has 3 atom stereocenters. The molecule has 2 rings (SSSR count). The minimum absolute atomic E-state index is 0.318. The van der Waals surface area contributed by atoms with E-state index >= 15 is 0 Å². The maximum Gasteiger partial charge on any atom is 0.125 e. The Labute approximate surface area is 116 Å². The third kappa shape index (κ3) is 3.73. The van der Waals surface area contributed by atoms with E-state index in [0.717, 1.165) is 30.1 Å². The Balaban J connectivity index is 2.10. The van der Waals surface area contributed by atoms with Gasteiger partial charge in [-0.2, -0.15) is 0 Å². The number of aliphatic hydroxyl groups is 1. The van der Waals surface area contributed by atoms with Gasteiger partial charge in [-0.05, 0) is 51.2 Å². The number of hydrogen-bond acceptors (Lipinski definition) is 2. The maximum absolute atomic E-state index is 9.88. The van der Waals surface area contributed by atoms with E-state index in [0.29, 0.717) is 6.10 Å². The number of aliphatic hydroxyl groups excluding tert-OH is 1. The highest BCUT2D eigenvalue weighted by atomic mass is 16.5. The molecule has 1 N–H and O–H groups in total. The largest absolute Gasteiger partial charge is 0.490 e. The first-order valence-electron chi connectivity index (χ1n) is 7.55. The number of hydrogen-bond donors (Lipinski definition) is 1. The average molecular weight is 262 g/mol. The third-order valence-electron chi connectivity index (χ3n) is 4.22. The summed E-state index contributed by atoms with van der Waals surface area (Å²) < 4.78 is 6.17. The van der Waals surface area contributed by atoms with Crippen LogP contribution in [0, 0.1) is 12.8 Å². The lowest BCUT2D eigenvalue weighted by atomic mass is 9.85. The lowest BCUT2D eigenvalue weighted by Gasteiger charge is -2.30. The average Bonchev–Trinajstić information content (AvgIpc) is 2.41. The monoisotopic (exact) mass is 262 g/mol. The van der Waals surface area contributed by atoms with Gasteiger partial charge >= 0.3 is 0 Å². The molecule has 1 aromatic carbocycles. The Kier molecular flexibility index (Phi) is 4.87. The van der Waals surface area contributed by atoms with Crippen molar-refractivity contribution in [1.82, 2.24) is 0 Å². The van der Waals surface area contributed by atoms with Crippen molar-refractivity contribution in [2.24, 2.45) is 5.92 Å². The van der Waals surface area contributed by atoms with Crippen LogP contribution in [0.4, 0.5) is 0 Å². The summed E-state index contributed by atoms with van der Waals surface area (Å²) in [6.45, 7) is 6.11. The van der Waals surface area contributed by atoms with Crippen LogP contribution in [-0.4, -0.2) is 11.2 Å². The molecule has 1 aromatic rings. The highest BCUT2D eigenvalue weighted by molar-refractivity contribution is 5.38. The van der Waals surface area contributed by atoms with E-state index < -0.39 is 6.10 Å². The lowest BCUT2D eigenvalue weighted by Crippen LogP contribution is -2.25. The SMILES string of the molecule is CCC1CCCC(Oc2ccc(C)cc2[C@@H](C)O)C1. The molecule has 1 aliphatic carbocycles. The highest BCUT2D eigenvalue weighted by Crippen LogP contribution is 2.33. The van der Waals surface area contributed by atoms with Crippen molar-refractivity contribution in [2.45, 2.75) is 65.1 Å². The van der Waals surface area contributed by atoms with Crippen LogP contribution in [0.5, 0.6) is 5.75 Å². The summed E-state index contributed by atoms with van der Waals surface area (Å²) in [5.74, 6) is 1.67.